The number of carbonyl (C=O) groups is 3. The maximum absolute atomic E-state index is 13.3. The second-order valence-electron chi connectivity index (χ2n) is 8.35. The van der Waals surface area contributed by atoms with Crippen LogP contribution in [0.3, 0.4) is 0 Å². The van der Waals surface area contributed by atoms with Gasteiger partial charge in [-0.1, -0.05) is 60.7 Å². The number of nitrogens with zero attached hydrogens (tertiary/aromatic N) is 2. The molecule has 8 heteroatoms. The van der Waals surface area contributed by atoms with Gasteiger partial charge >= 0.3 is 6.03 Å². The molecule has 3 rings (SSSR count). The first-order valence-electron chi connectivity index (χ1n) is 11.0. The Morgan fingerprint density at radius 3 is 2.36 bits per heavy atom. The standard InChI is InChI=1S/C25H31N4O4/c1-28(24(26)32)27-23(31)25(17-20-9-4-2-5-10-20)14-8-15-29(19-25)22(30)13-16-33-18-21-11-6-3-7-12-21/h2-7,9-13H,8,14-19H2,1H3,(H2,26,32)(H,27,31). The summed E-state index contributed by atoms with van der Waals surface area (Å²) >= 11 is 0. The van der Waals surface area contributed by atoms with E-state index in [4.69, 9.17) is 10.5 Å². The van der Waals surface area contributed by atoms with Crippen molar-refractivity contribution in [2.45, 2.75) is 25.9 Å². The monoisotopic (exact) mass is 451 g/mol. The van der Waals surface area contributed by atoms with E-state index < -0.39 is 11.4 Å². The molecule has 3 N–H and O–H groups in total. The number of likely N-dealkylation sites (tertiary alicyclic amines) is 1. The summed E-state index contributed by atoms with van der Waals surface area (Å²) in [5.74, 6) is -0.498. The van der Waals surface area contributed by atoms with E-state index in [1.807, 2.05) is 60.7 Å². The van der Waals surface area contributed by atoms with Crippen LogP contribution in [0.2, 0.25) is 0 Å². The molecule has 1 radical (unpaired) electrons. The third-order valence-electron chi connectivity index (χ3n) is 5.84. The van der Waals surface area contributed by atoms with Crippen molar-refractivity contribution in [3.63, 3.8) is 0 Å². The van der Waals surface area contributed by atoms with Crippen molar-refractivity contribution in [3.8, 4) is 0 Å². The molecule has 4 amide bonds. The Labute approximate surface area is 194 Å². The SMILES string of the molecule is CN(NC(=O)C1(Cc2ccccc2)CCCN(C(=O)[CH]COCc2ccccc2)C1)C(N)=O. The zero-order chi connectivity index (χ0) is 23.7. The minimum absolute atomic E-state index is 0.170. The molecule has 2 aromatic rings. The molecular weight excluding hydrogens is 420 g/mol. The number of nitrogens with one attached hydrogen (secondary N) is 1. The molecule has 1 saturated heterocycles. The van der Waals surface area contributed by atoms with Gasteiger partial charge in [0.15, 0.2) is 0 Å². The maximum atomic E-state index is 13.3. The zero-order valence-electron chi connectivity index (χ0n) is 18.9. The fourth-order valence-corrected chi connectivity index (χ4v) is 4.05. The number of nitrogens with two attached hydrogens (primary N) is 1. The Balaban J connectivity index is 1.65. The molecule has 0 bridgehead atoms. The predicted octanol–water partition coefficient (Wildman–Crippen LogP) is 2.30. The van der Waals surface area contributed by atoms with Crippen molar-refractivity contribution in [2.24, 2.45) is 11.1 Å². The smallest absolute Gasteiger partial charge is 0.333 e. The molecule has 1 atom stereocenters. The van der Waals surface area contributed by atoms with Gasteiger partial charge in [-0.3, -0.25) is 15.0 Å². The number of hydrogen-bond donors (Lipinski definition) is 2. The summed E-state index contributed by atoms with van der Waals surface area (Å²) < 4.78 is 5.61. The topological polar surface area (TPSA) is 105 Å². The highest BCUT2D eigenvalue weighted by atomic mass is 16.5. The second-order valence-corrected chi connectivity index (χ2v) is 8.35. The minimum atomic E-state index is -0.877. The van der Waals surface area contributed by atoms with Crippen LogP contribution < -0.4 is 11.2 Å². The van der Waals surface area contributed by atoms with E-state index in [2.05, 4.69) is 5.43 Å². The first-order chi connectivity index (χ1) is 15.9. The van der Waals surface area contributed by atoms with Gasteiger partial charge in [0.25, 0.3) is 0 Å². The predicted molar refractivity (Wildman–Crippen MR) is 124 cm³/mol. The average molecular weight is 452 g/mol. The lowest BCUT2D eigenvalue weighted by Crippen LogP contribution is -2.58. The number of benzene rings is 2. The molecule has 0 aliphatic carbocycles. The Hall–Kier alpha value is -3.39. The van der Waals surface area contributed by atoms with E-state index in [1.165, 1.54) is 13.5 Å². The molecule has 0 spiro atoms. The van der Waals surface area contributed by atoms with E-state index in [0.717, 1.165) is 16.1 Å². The third-order valence-corrected chi connectivity index (χ3v) is 5.84. The minimum Gasteiger partial charge on any atom is -0.376 e. The Bertz CT molecular complexity index is 938. The number of urea groups is 1. The number of carbonyl (C=O) groups excluding carboxylic acids is 3. The summed E-state index contributed by atoms with van der Waals surface area (Å²) in [4.78, 5) is 39.3. The lowest BCUT2D eigenvalue weighted by Gasteiger charge is -2.42. The number of ether oxygens (including phenoxy) is 1. The van der Waals surface area contributed by atoms with Crippen LogP contribution in [0.4, 0.5) is 4.79 Å². The second kappa shape index (κ2) is 11.5. The third kappa shape index (κ3) is 6.79. The highest BCUT2D eigenvalue weighted by Gasteiger charge is 2.44. The van der Waals surface area contributed by atoms with Gasteiger partial charge in [-0.15, -0.1) is 0 Å². The van der Waals surface area contributed by atoms with Crippen LogP contribution in [0, 0.1) is 11.8 Å². The summed E-state index contributed by atoms with van der Waals surface area (Å²) in [5, 5.41) is 0.972. The van der Waals surface area contributed by atoms with Crippen LogP contribution in [0.15, 0.2) is 60.7 Å². The van der Waals surface area contributed by atoms with E-state index in [9.17, 15) is 14.4 Å². The van der Waals surface area contributed by atoms with Crippen LogP contribution in [0.1, 0.15) is 24.0 Å². The van der Waals surface area contributed by atoms with Crippen LogP contribution in [-0.4, -0.2) is 54.5 Å². The quantitative estimate of drug-likeness (QED) is 0.475. The molecule has 1 aliphatic heterocycles. The van der Waals surface area contributed by atoms with E-state index in [0.29, 0.717) is 32.4 Å². The molecule has 0 saturated carbocycles. The fourth-order valence-electron chi connectivity index (χ4n) is 4.05. The first-order valence-corrected chi connectivity index (χ1v) is 11.0. The molecule has 33 heavy (non-hydrogen) atoms. The number of hydrazine groups is 1. The number of amides is 4. The van der Waals surface area contributed by atoms with Gasteiger partial charge in [0.2, 0.25) is 11.8 Å². The van der Waals surface area contributed by atoms with Crippen molar-refractivity contribution in [2.75, 3.05) is 26.7 Å². The molecule has 2 aromatic carbocycles. The fraction of sp³-hybridized carbons (Fsp3) is 0.360. The largest absolute Gasteiger partial charge is 0.376 e. The molecule has 175 valence electrons. The molecule has 1 heterocycles. The summed E-state index contributed by atoms with van der Waals surface area (Å²) in [5.41, 5.74) is 9.01. The van der Waals surface area contributed by atoms with Crippen molar-refractivity contribution < 1.29 is 19.1 Å². The van der Waals surface area contributed by atoms with Crippen molar-refractivity contribution in [1.82, 2.24) is 15.3 Å². The lowest BCUT2D eigenvalue weighted by molar-refractivity contribution is -0.142. The maximum Gasteiger partial charge on any atom is 0.333 e. The van der Waals surface area contributed by atoms with Crippen LogP contribution in [-0.2, 0) is 27.4 Å². The van der Waals surface area contributed by atoms with Crippen molar-refractivity contribution in [1.29, 1.82) is 0 Å². The molecule has 1 unspecified atom stereocenters. The van der Waals surface area contributed by atoms with Crippen LogP contribution in [0.25, 0.3) is 0 Å². The van der Waals surface area contributed by atoms with Gasteiger partial charge in [-0.2, -0.15) is 0 Å². The van der Waals surface area contributed by atoms with Crippen LogP contribution in [0.5, 0.6) is 0 Å². The number of hydrogen-bond acceptors (Lipinski definition) is 4. The normalized spacial score (nSPS) is 17.9. The molecule has 1 aliphatic rings. The lowest BCUT2D eigenvalue weighted by atomic mass is 9.74. The van der Waals surface area contributed by atoms with Gasteiger partial charge < -0.3 is 15.4 Å². The van der Waals surface area contributed by atoms with E-state index >= 15 is 0 Å². The summed E-state index contributed by atoms with van der Waals surface area (Å²) in [6.07, 6.45) is 3.22. The van der Waals surface area contributed by atoms with Gasteiger partial charge in [-0.05, 0) is 30.4 Å². The van der Waals surface area contributed by atoms with Gasteiger partial charge in [0.1, 0.15) is 0 Å². The Morgan fingerprint density at radius 2 is 1.73 bits per heavy atom. The molecule has 8 nitrogen and oxygen atoms in total. The Morgan fingerprint density at radius 1 is 1.09 bits per heavy atom. The summed E-state index contributed by atoms with van der Waals surface area (Å²) in [6, 6.07) is 18.6. The molecule has 1 fully saturated rings. The Kier molecular flexibility index (Phi) is 8.43. The number of primary amides is 1. The van der Waals surface area contributed by atoms with Gasteiger partial charge in [-0.25, -0.2) is 9.80 Å². The average Bonchev–Trinajstić information content (AvgIpc) is 2.83. The molecule has 0 aromatic heterocycles. The number of piperidine rings is 1. The van der Waals surface area contributed by atoms with Crippen molar-refractivity contribution >= 4 is 17.8 Å². The highest BCUT2D eigenvalue weighted by molar-refractivity contribution is 5.88. The van der Waals surface area contributed by atoms with Crippen LogP contribution >= 0.6 is 0 Å². The summed E-state index contributed by atoms with van der Waals surface area (Å²) in [7, 11) is 1.40. The zero-order valence-corrected chi connectivity index (χ0v) is 18.9. The summed E-state index contributed by atoms with van der Waals surface area (Å²) in [6.45, 7) is 1.41. The molecular formula is C25H31N4O4. The van der Waals surface area contributed by atoms with E-state index in [-0.39, 0.29) is 25.0 Å². The number of rotatable bonds is 8. The first kappa shape index (κ1) is 24.3. The van der Waals surface area contributed by atoms with Crippen molar-refractivity contribution in [3.05, 3.63) is 78.2 Å². The van der Waals surface area contributed by atoms with Gasteiger partial charge in [0, 0.05) is 20.1 Å². The van der Waals surface area contributed by atoms with Gasteiger partial charge in [0.05, 0.1) is 25.0 Å². The van der Waals surface area contributed by atoms with E-state index in [1.54, 1.807) is 4.90 Å². The highest BCUT2D eigenvalue weighted by Crippen LogP contribution is 2.34.